The van der Waals surface area contributed by atoms with Crippen molar-refractivity contribution in [1.82, 2.24) is 15.5 Å². The van der Waals surface area contributed by atoms with Gasteiger partial charge in [0.2, 0.25) is 23.6 Å². The number of allylic oxidation sites excluding steroid dienone is 2. The molecule has 1 atom stereocenters. The normalized spacial score (nSPS) is 26.9. The van der Waals surface area contributed by atoms with Gasteiger partial charge in [-0.25, -0.2) is 0 Å². The lowest BCUT2D eigenvalue weighted by atomic mass is 10.0. The molecule has 2 N–H and O–H groups in total. The smallest absolute Gasteiger partial charge is 0.250 e. The van der Waals surface area contributed by atoms with Gasteiger partial charge in [0.25, 0.3) is 0 Å². The van der Waals surface area contributed by atoms with Crippen LogP contribution in [-0.4, -0.2) is 60.7 Å². The van der Waals surface area contributed by atoms with Crippen molar-refractivity contribution in [1.29, 1.82) is 0 Å². The summed E-state index contributed by atoms with van der Waals surface area (Å²) in [5, 5.41) is 4.88. The van der Waals surface area contributed by atoms with Crippen LogP contribution in [0.2, 0.25) is 0 Å². The van der Waals surface area contributed by atoms with Crippen molar-refractivity contribution in [2.24, 2.45) is 4.99 Å². The Morgan fingerprint density at radius 1 is 1.42 bits per heavy atom. The standard InChI is InChI=1S/C17H22N4O5/c1-11-18-8-4-3-5-12(19-15(23)10-26-2)9-16(24)21(11)13-6-7-14(22)20-17(13)25/h3-5,13H,6-10H2,1-2H3,(H,19,23)(H,20,22,25)/b4-3-,12-5+,18-11-. The largest absolute Gasteiger partial charge is 0.375 e. The van der Waals surface area contributed by atoms with E-state index in [0.29, 0.717) is 18.1 Å². The van der Waals surface area contributed by atoms with Gasteiger partial charge in [-0.1, -0.05) is 12.2 Å². The SMILES string of the molecule is COCC(=O)N/C1=C/C=C\C/N=C(/C)N(C2CCC(=O)NC2=O)C(=O)C1. The van der Waals surface area contributed by atoms with E-state index in [1.165, 1.54) is 12.0 Å². The van der Waals surface area contributed by atoms with Crippen LogP contribution in [0.5, 0.6) is 0 Å². The number of piperidine rings is 1. The highest BCUT2D eigenvalue weighted by Crippen LogP contribution is 2.17. The molecule has 2 aliphatic rings. The highest BCUT2D eigenvalue weighted by atomic mass is 16.5. The summed E-state index contributed by atoms with van der Waals surface area (Å²) in [6, 6.07) is -0.803. The van der Waals surface area contributed by atoms with Gasteiger partial charge in [-0.3, -0.25) is 34.4 Å². The monoisotopic (exact) mass is 362 g/mol. The average Bonchev–Trinajstić information content (AvgIpc) is 2.56. The van der Waals surface area contributed by atoms with Gasteiger partial charge in [-0.15, -0.1) is 0 Å². The summed E-state index contributed by atoms with van der Waals surface area (Å²) in [5.41, 5.74) is 0.389. The molecule has 2 heterocycles. The molecule has 4 amide bonds. The van der Waals surface area contributed by atoms with E-state index in [4.69, 9.17) is 4.74 Å². The molecule has 9 nitrogen and oxygen atoms in total. The topological polar surface area (TPSA) is 117 Å². The summed E-state index contributed by atoms with van der Waals surface area (Å²) in [6.45, 7) is 1.83. The maximum Gasteiger partial charge on any atom is 0.250 e. The maximum absolute atomic E-state index is 12.9. The van der Waals surface area contributed by atoms with Crippen molar-refractivity contribution in [3.63, 3.8) is 0 Å². The van der Waals surface area contributed by atoms with Crippen molar-refractivity contribution in [2.75, 3.05) is 20.3 Å². The van der Waals surface area contributed by atoms with Crippen molar-refractivity contribution < 1.29 is 23.9 Å². The van der Waals surface area contributed by atoms with Crippen LogP contribution in [0.4, 0.5) is 0 Å². The zero-order valence-electron chi connectivity index (χ0n) is 14.8. The van der Waals surface area contributed by atoms with Gasteiger partial charge in [0.05, 0.1) is 13.0 Å². The summed E-state index contributed by atoms with van der Waals surface area (Å²) in [4.78, 5) is 53.8. The van der Waals surface area contributed by atoms with Crippen molar-refractivity contribution in [2.45, 2.75) is 32.2 Å². The number of aliphatic imine (C=N–C) groups is 1. The van der Waals surface area contributed by atoms with Crippen LogP contribution >= 0.6 is 0 Å². The molecule has 140 valence electrons. The number of amidine groups is 1. The fourth-order valence-electron chi connectivity index (χ4n) is 2.75. The molecular formula is C17H22N4O5. The Kier molecular flexibility index (Phi) is 6.79. The molecule has 0 saturated carbocycles. The molecule has 0 aromatic carbocycles. The third-order valence-electron chi connectivity index (χ3n) is 3.92. The van der Waals surface area contributed by atoms with Crippen LogP contribution in [0, 0.1) is 0 Å². The molecule has 1 saturated heterocycles. The van der Waals surface area contributed by atoms with Crippen molar-refractivity contribution in [3.8, 4) is 0 Å². The second-order valence-corrected chi connectivity index (χ2v) is 5.90. The minimum Gasteiger partial charge on any atom is -0.375 e. The summed E-state index contributed by atoms with van der Waals surface area (Å²) in [7, 11) is 1.40. The number of rotatable bonds is 4. The quantitative estimate of drug-likeness (QED) is 0.663. The van der Waals surface area contributed by atoms with Gasteiger partial charge in [0, 0.05) is 19.2 Å². The lowest BCUT2D eigenvalue weighted by Crippen LogP contribution is -2.56. The minimum absolute atomic E-state index is 0.121. The molecule has 2 aliphatic heterocycles. The third kappa shape index (κ3) is 5.09. The number of nitrogens with one attached hydrogen (secondary N) is 2. The first-order chi connectivity index (χ1) is 12.4. The Balaban J connectivity index is 2.24. The molecule has 26 heavy (non-hydrogen) atoms. The molecule has 2 rings (SSSR count). The lowest BCUT2D eigenvalue weighted by molar-refractivity contribution is -0.142. The van der Waals surface area contributed by atoms with Gasteiger partial charge in [-0.2, -0.15) is 0 Å². The van der Waals surface area contributed by atoms with Crippen LogP contribution in [0.15, 0.2) is 28.9 Å². The zero-order chi connectivity index (χ0) is 19.1. The average molecular weight is 362 g/mol. The number of carbonyl (C=O) groups is 4. The molecule has 0 aromatic rings. The molecule has 0 bridgehead atoms. The van der Waals surface area contributed by atoms with Crippen LogP contribution in [0.25, 0.3) is 0 Å². The summed E-state index contributed by atoms with van der Waals surface area (Å²) in [6.07, 6.45) is 5.35. The van der Waals surface area contributed by atoms with E-state index < -0.39 is 11.9 Å². The van der Waals surface area contributed by atoms with Crippen molar-refractivity contribution >= 4 is 29.5 Å². The lowest BCUT2D eigenvalue weighted by Gasteiger charge is -2.33. The molecular weight excluding hydrogens is 340 g/mol. The number of nitrogens with zero attached hydrogens (tertiary/aromatic N) is 2. The molecule has 9 heteroatoms. The predicted octanol–water partition coefficient (Wildman–Crippen LogP) is -0.355. The van der Waals surface area contributed by atoms with Crippen LogP contribution < -0.4 is 10.6 Å². The highest BCUT2D eigenvalue weighted by molar-refractivity contribution is 6.07. The summed E-state index contributed by atoms with van der Waals surface area (Å²) < 4.78 is 4.77. The highest BCUT2D eigenvalue weighted by Gasteiger charge is 2.36. The fraction of sp³-hybridized carbons (Fsp3) is 0.471. The van der Waals surface area contributed by atoms with E-state index in [2.05, 4.69) is 15.6 Å². The number of carbonyl (C=O) groups excluding carboxylic acids is 4. The number of methoxy groups -OCH3 is 1. The molecule has 1 unspecified atom stereocenters. The molecule has 1 fully saturated rings. The van der Waals surface area contributed by atoms with Gasteiger partial charge in [-0.05, 0) is 19.4 Å². The number of amides is 4. The predicted molar refractivity (Wildman–Crippen MR) is 92.9 cm³/mol. The molecule has 0 radical (unpaired) electrons. The van der Waals surface area contributed by atoms with Crippen LogP contribution in [0.1, 0.15) is 26.2 Å². The zero-order valence-corrected chi connectivity index (χ0v) is 14.8. The van der Waals surface area contributed by atoms with Gasteiger partial charge < -0.3 is 10.1 Å². The van der Waals surface area contributed by atoms with E-state index in [1.54, 1.807) is 25.2 Å². The van der Waals surface area contributed by atoms with E-state index in [9.17, 15) is 19.2 Å². The van der Waals surface area contributed by atoms with Crippen LogP contribution in [-0.2, 0) is 23.9 Å². The van der Waals surface area contributed by atoms with Gasteiger partial charge >= 0.3 is 0 Å². The number of hydrogen-bond donors (Lipinski definition) is 2. The first-order valence-corrected chi connectivity index (χ1v) is 8.23. The van der Waals surface area contributed by atoms with E-state index in [-0.39, 0.29) is 43.6 Å². The Labute approximate surface area is 151 Å². The van der Waals surface area contributed by atoms with Gasteiger partial charge in [0.1, 0.15) is 18.5 Å². The third-order valence-corrected chi connectivity index (χ3v) is 3.92. The summed E-state index contributed by atoms with van der Waals surface area (Å²) in [5.74, 6) is -1.26. The first-order valence-electron chi connectivity index (χ1n) is 8.23. The molecule has 0 aliphatic carbocycles. The second kappa shape index (κ2) is 9.04. The second-order valence-electron chi connectivity index (χ2n) is 5.90. The van der Waals surface area contributed by atoms with Crippen molar-refractivity contribution in [3.05, 3.63) is 23.9 Å². The number of hydrogen-bond acceptors (Lipinski definition) is 6. The molecule has 0 aromatic heterocycles. The van der Waals surface area contributed by atoms with Crippen LogP contribution in [0.3, 0.4) is 0 Å². The fourth-order valence-corrected chi connectivity index (χ4v) is 2.75. The molecule has 0 spiro atoms. The van der Waals surface area contributed by atoms with E-state index in [1.807, 2.05) is 0 Å². The Hall–Kier alpha value is -2.81. The Bertz CT molecular complexity index is 695. The first kappa shape index (κ1) is 19.5. The number of ether oxygens (including phenoxy) is 1. The van der Waals surface area contributed by atoms with Gasteiger partial charge in [0.15, 0.2) is 0 Å². The Morgan fingerprint density at radius 2 is 2.19 bits per heavy atom. The van der Waals surface area contributed by atoms with E-state index in [0.717, 1.165) is 0 Å². The minimum atomic E-state index is -0.803. The summed E-state index contributed by atoms with van der Waals surface area (Å²) >= 11 is 0. The number of imide groups is 1. The Morgan fingerprint density at radius 3 is 2.88 bits per heavy atom. The van der Waals surface area contributed by atoms with E-state index >= 15 is 0 Å². The maximum atomic E-state index is 12.9.